The van der Waals surface area contributed by atoms with Crippen LogP contribution in [0.3, 0.4) is 0 Å². The van der Waals surface area contributed by atoms with Crippen molar-refractivity contribution < 1.29 is 0 Å². The van der Waals surface area contributed by atoms with Crippen LogP contribution in [0.25, 0.3) is 0 Å². The largest absolute Gasteiger partial charge is 0.316 e. The van der Waals surface area contributed by atoms with E-state index in [1.165, 1.54) is 4.90 Å². The van der Waals surface area contributed by atoms with Crippen molar-refractivity contribution in [2.75, 3.05) is 12.8 Å². The molecule has 0 saturated heterocycles. The summed E-state index contributed by atoms with van der Waals surface area (Å²) in [7, 11) is 2.02. The number of benzene rings is 1. The molecule has 1 N–H and O–H groups in total. The third kappa shape index (κ3) is 4.87. The Hall–Kier alpha value is -0.780. The van der Waals surface area contributed by atoms with Crippen LogP contribution in [-0.2, 0) is 6.42 Å². The van der Waals surface area contributed by atoms with Gasteiger partial charge < -0.3 is 5.32 Å². The Balaban J connectivity index is 1.92. The summed E-state index contributed by atoms with van der Waals surface area (Å²) in [6, 6.07) is 11.3. The number of aromatic nitrogens is 2. The van der Waals surface area contributed by atoms with Crippen molar-refractivity contribution in [1.82, 2.24) is 15.1 Å². The second-order valence-corrected chi connectivity index (χ2v) is 7.23. The first kappa shape index (κ1) is 16.6. The van der Waals surface area contributed by atoms with Crippen LogP contribution in [0.15, 0.2) is 45.9 Å². The number of hydrogen-bond acceptors (Lipinski definition) is 3. The van der Waals surface area contributed by atoms with Crippen LogP contribution in [0, 0.1) is 0 Å². The fraction of sp³-hybridized carbons (Fsp3) is 0.438. The fourth-order valence-electron chi connectivity index (χ4n) is 2.02. The minimum Gasteiger partial charge on any atom is -0.316 e. The molecule has 1 unspecified atom stereocenters. The van der Waals surface area contributed by atoms with Gasteiger partial charge in [-0.15, -0.1) is 11.8 Å². The maximum absolute atomic E-state index is 4.63. The number of rotatable bonds is 7. The van der Waals surface area contributed by atoms with E-state index in [1.807, 2.05) is 29.6 Å². The molecular formula is C16H22BrN3S. The predicted molar refractivity (Wildman–Crippen MR) is 94.0 cm³/mol. The van der Waals surface area contributed by atoms with E-state index >= 15 is 0 Å². The number of hydrogen-bond donors (Lipinski definition) is 1. The van der Waals surface area contributed by atoms with E-state index in [0.29, 0.717) is 12.1 Å². The fourth-order valence-corrected chi connectivity index (χ4v) is 3.70. The number of nitrogens with one attached hydrogen (secondary N) is 1. The van der Waals surface area contributed by atoms with E-state index in [9.17, 15) is 0 Å². The minimum absolute atomic E-state index is 0.414. The molecule has 21 heavy (non-hydrogen) atoms. The van der Waals surface area contributed by atoms with Gasteiger partial charge in [0.1, 0.15) is 0 Å². The third-order valence-electron chi connectivity index (χ3n) is 3.33. The molecule has 0 aliphatic heterocycles. The average molecular weight is 368 g/mol. The molecule has 1 aromatic carbocycles. The quantitative estimate of drug-likeness (QED) is 0.745. The van der Waals surface area contributed by atoms with Crippen LogP contribution >= 0.6 is 27.7 Å². The van der Waals surface area contributed by atoms with E-state index in [1.54, 1.807) is 0 Å². The van der Waals surface area contributed by atoms with E-state index in [-0.39, 0.29) is 0 Å². The van der Waals surface area contributed by atoms with Gasteiger partial charge in [-0.1, -0.05) is 12.1 Å². The molecule has 114 valence electrons. The van der Waals surface area contributed by atoms with Crippen molar-refractivity contribution in [3.8, 4) is 0 Å². The molecule has 5 heteroatoms. The van der Waals surface area contributed by atoms with Crippen molar-refractivity contribution in [3.63, 3.8) is 0 Å². The van der Waals surface area contributed by atoms with Crippen molar-refractivity contribution >= 4 is 27.7 Å². The molecule has 0 bridgehead atoms. The van der Waals surface area contributed by atoms with Gasteiger partial charge in [-0.2, -0.15) is 5.10 Å². The molecule has 2 rings (SSSR count). The summed E-state index contributed by atoms with van der Waals surface area (Å²) in [5.41, 5.74) is 1.15. The summed E-state index contributed by atoms with van der Waals surface area (Å²) >= 11 is 5.47. The van der Waals surface area contributed by atoms with E-state index < -0.39 is 0 Å². The SMILES string of the molecule is CNC(CSc1ccccc1Br)Cc1ccn(C(C)C)n1. The van der Waals surface area contributed by atoms with Gasteiger partial charge in [-0.05, 0) is 55.0 Å². The smallest absolute Gasteiger partial charge is 0.0640 e. The van der Waals surface area contributed by atoms with Gasteiger partial charge in [-0.25, -0.2) is 0 Å². The Bertz CT molecular complexity index is 568. The van der Waals surface area contributed by atoms with Crippen molar-refractivity contribution in [2.24, 2.45) is 0 Å². The molecule has 2 aromatic rings. The van der Waals surface area contributed by atoms with E-state index in [0.717, 1.165) is 22.3 Å². The van der Waals surface area contributed by atoms with Gasteiger partial charge in [0.15, 0.2) is 0 Å². The van der Waals surface area contributed by atoms with Gasteiger partial charge in [0.25, 0.3) is 0 Å². The van der Waals surface area contributed by atoms with Crippen LogP contribution in [0.4, 0.5) is 0 Å². The van der Waals surface area contributed by atoms with E-state index in [4.69, 9.17) is 0 Å². The van der Waals surface area contributed by atoms with Gasteiger partial charge in [-0.3, -0.25) is 4.68 Å². The lowest BCUT2D eigenvalue weighted by Gasteiger charge is -2.15. The standard InChI is InChI=1S/C16H22BrN3S/c1-12(2)20-9-8-13(19-20)10-14(18-3)11-21-16-7-5-4-6-15(16)17/h4-9,12,14,18H,10-11H2,1-3H3. The lowest BCUT2D eigenvalue weighted by Crippen LogP contribution is -2.30. The highest BCUT2D eigenvalue weighted by atomic mass is 79.9. The molecule has 0 spiro atoms. The van der Waals surface area contributed by atoms with Crippen molar-refractivity contribution in [2.45, 2.75) is 37.2 Å². The molecular weight excluding hydrogens is 346 g/mol. The average Bonchev–Trinajstić information content (AvgIpc) is 2.93. The summed E-state index contributed by atoms with van der Waals surface area (Å²) in [5, 5.41) is 8.02. The first-order chi connectivity index (χ1) is 10.1. The lowest BCUT2D eigenvalue weighted by molar-refractivity contribution is 0.518. The monoisotopic (exact) mass is 367 g/mol. The van der Waals surface area contributed by atoms with Crippen LogP contribution in [-0.4, -0.2) is 28.6 Å². The van der Waals surface area contributed by atoms with Crippen LogP contribution in [0.5, 0.6) is 0 Å². The lowest BCUT2D eigenvalue weighted by atomic mass is 10.2. The maximum atomic E-state index is 4.63. The van der Waals surface area contributed by atoms with Crippen molar-refractivity contribution in [1.29, 1.82) is 0 Å². The third-order valence-corrected chi connectivity index (χ3v) is 5.52. The van der Waals surface area contributed by atoms with Gasteiger partial charge in [0, 0.05) is 39.8 Å². The Labute approximate surface area is 139 Å². The molecule has 0 amide bonds. The first-order valence-electron chi connectivity index (χ1n) is 7.18. The van der Waals surface area contributed by atoms with Gasteiger partial charge in [0.05, 0.1) is 5.69 Å². The molecule has 0 aliphatic rings. The first-order valence-corrected chi connectivity index (χ1v) is 8.96. The summed E-state index contributed by atoms with van der Waals surface area (Å²) in [6.07, 6.45) is 3.02. The summed E-state index contributed by atoms with van der Waals surface area (Å²) < 4.78 is 3.18. The molecule has 0 aliphatic carbocycles. The highest BCUT2D eigenvalue weighted by Gasteiger charge is 2.11. The van der Waals surface area contributed by atoms with Crippen LogP contribution < -0.4 is 5.32 Å². The predicted octanol–water partition coefficient (Wildman–Crippen LogP) is 4.15. The highest BCUT2D eigenvalue weighted by Crippen LogP contribution is 2.27. The van der Waals surface area contributed by atoms with Gasteiger partial charge >= 0.3 is 0 Å². The maximum Gasteiger partial charge on any atom is 0.0640 e. The minimum atomic E-state index is 0.414. The molecule has 1 aromatic heterocycles. The summed E-state index contributed by atoms with van der Waals surface area (Å²) in [4.78, 5) is 1.28. The number of thioether (sulfide) groups is 1. The number of nitrogens with zero attached hydrogens (tertiary/aromatic N) is 2. The highest BCUT2D eigenvalue weighted by molar-refractivity contribution is 9.10. The molecule has 0 radical (unpaired) electrons. The number of halogens is 1. The van der Waals surface area contributed by atoms with Crippen molar-refractivity contribution in [3.05, 3.63) is 46.7 Å². The van der Waals surface area contributed by atoms with Crippen LogP contribution in [0.1, 0.15) is 25.6 Å². The zero-order valence-electron chi connectivity index (χ0n) is 12.7. The topological polar surface area (TPSA) is 29.9 Å². The zero-order valence-corrected chi connectivity index (χ0v) is 15.1. The van der Waals surface area contributed by atoms with Gasteiger partial charge in [0.2, 0.25) is 0 Å². The molecule has 3 nitrogen and oxygen atoms in total. The number of likely N-dealkylation sites (N-methyl/N-ethyl adjacent to an activating group) is 1. The van der Waals surface area contributed by atoms with E-state index in [2.05, 4.69) is 70.7 Å². The Morgan fingerprint density at radius 2 is 2.05 bits per heavy atom. The van der Waals surface area contributed by atoms with Crippen LogP contribution in [0.2, 0.25) is 0 Å². The second-order valence-electron chi connectivity index (χ2n) is 5.31. The Morgan fingerprint density at radius 1 is 1.29 bits per heavy atom. The normalized spacial score (nSPS) is 12.8. The second kappa shape index (κ2) is 8.01. The molecule has 0 fully saturated rings. The summed E-state index contributed by atoms with van der Waals surface area (Å²) in [6.45, 7) is 4.30. The molecule has 1 heterocycles. The Morgan fingerprint density at radius 3 is 2.67 bits per heavy atom. The molecule has 1 atom stereocenters. The Kier molecular flexibility index (Phi) is 6.33. The zero-order chi connectivity index (χ0) is 15.2. The molecule has 0 saturated carbocycles. The summed E-state index contributed by atoms with van der Waals surface area (Å²) in [5.74, 6) is 1.02.